The number of likely N-dealkylation sites (N-methyl/N-ethyl adjacent to an activating group) is 1. The minimum Gasteiger partial charge on any atom is -0.496 e. The number of fused-ring (bicyclic) bond motifs is 1. The van der Waals surface area contributed by atoms with E-state index in [9.17, 15) is 8.78 Å². The molecule has 32 heavy (non-hydrogen) atoms. The van der Waals surface area contributed by atoms with Crippen molar-refractivity contribution in [1.82, 2.24) is 25.1 Å². The molecule has 9 heteroatoms. The molecule has 1 N–H and O–H groups in total. The molecule has 164 valence electrons. The zero-order valence-electron chi connectivity index (χ0n) is 17.8. The van der Waals surface area contributed by atoms with E-state index < -0.39 is 11.6 Å². The van der Waals surface area contributed by atoms with E-state index in [2.05, 4.69) is 49.1 Å². The summed E-state index contributed by atoms with van der Waals surface area (Å²) in [7, 11) is 3.52. The quantitative estimate of drug-likeness (QED) is 0.526. The number of rotatable bonds is 4. The van der Waals surface area contributed by atoms with Crippen molar-refractivity contribution in [2.24, 2.45) is 0 Å². The number of methoxy groups -OCH3 is 1. The van der Waals surface area contributed by atoms with Crippen LogP contribution in [0.2, 0.25) is 0 Å². The second-order valence-corrected chi connectivity index (χ2v) is 7.80. The number of hydrogen-bond acceptors (Lipinski definition) is 6. The van der Waals surface area contributed by atoms with Gasteiger partial charge in [0.25, 0.3) is 0 Å². The molecule has 7 nitrogen and oxygen atoms in total. The van der Waals surface area contributed by atoms with Gasteiger partial charge in [-0.1, -0.05) is 12.1 Å². The third-order valence-electron chi connectivity index (χ3n) is 5.81. The van der Waals surface area contributed by atoms with E-state index >= 15 is 0 Å². The Balaban J connectivity index is 1.52. The molecule has 2 aromatic carbocycles. The van der Waals surface area contributed by atoms with E-state index in [1.54, 1.807) is 0 Å². The summed E-state index contributed by atoms with van der Waals surface area (Å²) in [6.07, 6.45) is 1.51. The number of nitrogens with zero attached hydrogens (tertiary/aromatic N) is 5. The number of H-pyrrole nitrogens is 1. The smallest absolute Gasteiger partial charge is 0.173 e. The first-order valence-corrected chi connectivity index (χ1v) is 10.3. The summed E-state index contributed by atoms with van der Waals surface area (Å²) >= 11 is 0. The van der Waals surface area contributed by atoms with Crippen molar-refractivity contribution in [1.29, 1.82) is 0 Å². The molecule has 0 saturated carbocycles. The van der Waals surface area contributed by atoms with Crippen LogP contribution in [0.15, 0.2) is 42.6 Å². The van der Waals surface area contributed by atoms with E-state index in [4.69, 9.17) is 4.74 Å². The normalized spacial score (nSPS) is 14.8. The Kier molecular flexibility index (Phi) is 5.18. The standard InChI is InChI=1S/C23H22F2N6O/c1-30-9-11-31(12-10-30)15-5-3-14(4-6-15)21-22-17(28-29-21)13-26-23(27-22)19-18(32-2)8-7-16(24)20(19)25/h3-8,13H,9-12H2,1-2H3,(H,28,29). The minimum absolute atomic E-state index is 0.0306. The maximum Gasteiger partial charge on any atom is 0.173 e. The fourth-order valence-corrected chi connectivity index (χ4v) is 3.94. The number of nitrogens with one attached hydrogen (secondary N) is 1. The number of halogens is 2. The highest BCUT2D eigenvalue weighted by Gasteiger charge is 2.21. The molecule has 0 amide bonds. The van der Waals surface area contributed by atoms with Gasteiger partial charge in [-0.05, 0) is 31.3 Å². The first kappa shape index (κ1) is 20.3. The SMILES string of the molecule is COc1ccc(F)c(F)c1-c1ncc2[nH]nc(-c3ccc(N4CCN(C)CC4)cc3)c2n1. The van der Waals surface area contributed by atoms with E-state index in [-0.39, 0.29) is 17.1 Å². The second kappa shape index (κ2) is 8.16. The average Bonchev–Trinajstić information content (AvgIpc) is 3.24. The Bertz CT molecular complexity index is 1270. The molecule has 2 aromatic heterocycles. The molecular formula is C23H22F2N6O. The van der Waals surface area contributed by atoms with Crippen LogP contribution in [0.3, 0.4) is 0 Å². The van der Waals surface area contributed by atoms with Crippen molar-refractivity contribution >= 4 is 16.7 Å². The lowest BCUT2D eigenvalue weighted by atomic mass is 10.1. The minimum atomic E-state index is -1.05. The zero-order chi connectivity index (χ0) is 22.2. The fraction of sp³-hybridized carbons (Fsp3) is 0.261. The summed E-state index contributed by atoms with van der Waals surface area (Å²) in [6.45, 7) is 4.04. The highest BCUT2D eigenvalue weighted by molar-refractivity contribution is 5.90. The molecule has 1 fully saturated rings. The Morgan fingerprint density at radius 1 is 1.00 bits per heavy atom. The van der Waals surface area contributed by atoms with Crippen LogP contribution in [0.1, 0.15) is 0 Å². The second-order valence-electron chi connectivity index (χ2n) is 7.80. The van der Waals surface area contributed by atoms with E-state index in [1.807, 2.05) is 12.1 Å². The van der Waals surface area contributed by atoms with Gasteiger partial charge in [0.15, 0.2) is 17.5 Å². The Morgan fingerprint density at radius 3 is 2.47 bits per heavy atom. The summed E-state index contributed by atoms with van der Waals surface area (Å²) in [5.41, 5.74) is 3.64. The van der Waals surface area contributed by atoms with Gasteiger partial charge in [0.1, 0.15) is 22.5 Å². The van der Waals surface area contributed by atoms with Crippen LogP contribution in [-0.4, -0.2) is 65.4 Å². The lowest BCUT2D eigenvalue weighted by molar-refractivity contribution is 0.313. The first-order chi connectivity index (χ1) is 15.5. The Labute approximate surface area is 183 Å². The molecule has 0 bridgehead atoms. The van der Waals surface area contributed by atoms with Crippen LogP contribution in [0.4, 0.5) is 14.5 Å². The summed E-state index contributed by atoms with van der Waals surface area (Å²) in [6, 6.07) is 10.5. The first-order valence-electron chi connectivity index (χ1n) is 10.3. The van der Waals surface area contributed by atoms with Crippen LogP contribution in [0, 0.1) is 11.6 Å². The highest BCUT2D eigenvalue weighted by atomic mass is 19.2. The predicted molar refractivity (Wildman–Crippen MR) is 119 cm³/mol. The Hall–Kier alpha value is -3.59. The van der Waals surface area contributed by atoms with E-state index in [1.165, 1.54) is 19.4 Å². The predicted octanol–water partition coefficient (Wildman–Crippen LogP) is 3.73. The van der Waals surface area contributed by atoms with Gasteiger partial charge in [-0.25, -0.2) is 18.7 Å². The lowest BCUT2D eigenvalue weighted by Gasteiger charge is -2.34. The van der Waals surface area contributed by atoms with Crippen molar-refractivity contribution in [3.05, 3.63) is 54.2 Å². The molecule has 0 aliphatic carbocycles. The summed E-state index contributed by atoms with van der Waals surface area (Å²) in [5, 5.41) is 7.30. The lowest BCUT2D eigenvalue weighted by Crippen LogP contribution is -2.44. The van der Waals surface area contributed by atoms with Gasteiger partial charge in [0, 0.05) is 37.4 Å². The van der Waals surface area contributed by atoms with Gasteiger partial charge < -0.3 is 14.5 Å². The molecular weight excluding hydrogens is 414 g/mol. The Morgan fingerprint density at radius 2 is 1.75 bits per heavy atom. The number of ether oxygens (including phenoxy) is 1. The summed E-state index contributed by atoms with van der Waals surface area (Å²) in [5.74, 6) is -1.85. The average molecular weight is 436 g/mol. The van der Waals surface area contributed by atoms with Crippen LogP contribution in [0.25, 0.3) is 33.7 Å². The molecule has 1 aliphatic heterocycles. The maximum atomic E-state index is 14.6. The zero-order valence-corrected chi connectivity index (χ0v) is 17.8. The molecule has 0 radical (unpaired) electrons. The van der Waals surface area contributed by atoms with Crippen LogP contribution >= 0.6 is 0 Å². The molecule has 0 unspecified atom stereocenters. The molecule has 0 spiro atoms. The molecule has 3 heterocycles. The third kappa shape index (κ3) is 3.54. The van der Waals surface area contributed by atoms with E-state index in [0.29, 0.717) is 16.7 Å². The number of piperazine rings is 1. The molecule has 1 aliphatic rings. The molecule has 0 atom stereocenters. The topological polar surface area (TPSA) is 70.2 Å². The van der Waals surface area contributed by atoms with Crippen molar-refractivity contribution in [2.75, 3.05) is 45.2 Å². The van der Waals surface area contributed by atoms with Gasteiger partial charge in [0.05, 0.1) is 18.9 Å². The molecule has 4 aromatic rings. The highest BCUT2D eigenvalue weighted by Crippen LogP contribution is 2.34. The fourth-order valence-electron chi connectivity index (χ4n) is 3.94. The number of hydrogen-bond donors (Lipinski definition) is 1. The van der Waals surface area contributed by atoms with Crippen LogP contribution < -0.4 is 9.64 Å². The van der Waals surface area contributed by atoms with Gasteiger partial charge in [-0.3, -0.25) is 5.10 Å². The van der Waals surface area contributed by atoms with Gasteiger partial charge in [0.2, 0.25) is 0 Å². The van der Waals surface area contributed by atoms with Crippen molar-refractivity contribution < 1.29 is 13.5 Å². The monoisotopic (exact) mass is 436 g/mol. The van der Waals surface area contributed by atoms with E-state index in [0.717, 1.165) is 43.5 Å². The number of anilines is 1. The summed E-state index contributed by atoms with van der Waals surface area (Å²) < 4.78 is 33.6. The van der Waals surface area contributed by atoms with Crippen molar-refractivity contribution in [3.63, 3.8) is 0 Å². The largest absolute Gasteiger partial charge is 0.496 e. The molecule has 1 saturated heterocycles. The number of aromatic nitrogens is 4. The van der Waals surface area contributed by atoms with Crippen LogP contribution in [0.5, 0.6) is 5.75 Å². The van der Waals surface area contributed by atoms with Gasteiger partial charge >= 0.3 is 0 Å². The molecule has 5 rings (SSSR count). The van der Waals surface area contributed by atoms with Crippen molar-refractivity contribution in [3.8, 4) is 28.4 Å². The van der Waals surface area contributed by atoms with Crippen LogP contribution in [-0.2, 0) is 0 Å². The van der Waals surface area contributed by atoms with Gasteiger partial charge in [-0.15, -0.1) is 0 Å². The van der Waals surface area contributed by atoms with Gasteiger partial charge in [-0.2, -0.15) is 5.10 Å². The number of aromatic amines is 1. The summed E-state index contributed by atoms with van der Waals surface area (Å²) in [4.78, 5) is 13.4. The van der Waals surface area contributed by atoms with Crippen molar-refractivity contribution in [2.45, 2.75) is 0 Å². The third-order valence-corrected chi connectivity index (χ3v) is 5.81. The number of benzene rings is 2. The maximum absolute atomic E-state index is 14.6.